The maximum Gasteiger partial charge on any atom is 0.340 e. The van der Waals surface area contributed by atoms with E-state index in [0.29, 0.717) is 0 Å². The number of carbonyl (C=O) groups excluding carboxylic acids is 2. The Bertz CT molecular complexity index is 606. The number of hydrogen-bond acceptors (Lipinski definition) is 7. The molecule has 112 valence electrons. The number of imide groups is 1. The van der Waals surface area contributed by atoms with Gasteiger partial charge < -0.3 is 0 Å². The topological polar surface area (TPSA) is 157 Å². The highest BCUT2D eigenvalue weighted by molar-refractivity contribution is 6.28. The van der Waals surface area contributed by atoms with Gasteiger partial charge in [0.2, 0.25) is 5.91 Å². The van der Waals surface area contributed by atoms with Crippen LogP contribution in [0.4, 0.5) is 21.9 Å². The second kappa shape index (κ2) is 7.00. The van der Waals surface area contributed by atoms with Gasteiger partial charge in [0, 0.05) is 6.07 Å². The summed E-state index contributed by atoms with van der Waals surface area (Å²) in [7, 11) is 0. The number of halogens is 1. The molecule has 1 rings (SSSR count). The summed E-state index contributed by atoms with van der Waals surface area (Å²) in [5.74, 6) is -1.21. The Balaban J connectivity index is 2.83. The van der Waals surface area contributed by atoms with Crippen LogP contribution < -0.4 is 16.2 Å². The molecule has 0 fully saturated rings. The molecule has 0 bridgehead atoms. The molecule has 11 nitrogen and oxygen atoms in total. The van der Waals surface area contributed by atoms with Gasteiger partial charge in [0.05, 0.1) is 15.9 Å². The summed E-state index contributed by atoms with van der Waals surface area (Å²) in [6.07, 6.45) is 0. The van der Waals surface area contributed by atoms with E-state index in [0.717, 1.165) is 18.2 Å². The van der Waals surface area contributed by atoms with E-state index in [1.165, 1.54) is 0 Å². The molecular formula is C9H8ClN5O6. The maximum absolute atomic E-state index is 11.2. The van der Waals surface area contributed by atoms with Gasteiger partial charge in [0.15, 0.2) is 0 Å². The van der Waals surface area contributed by atoms with Crippen molar-refractivity contribution in [1.29, 1.82) is 0 Å². The zero-order chi connectivity index (χ0) is 16.0. The van der Waals surface area contributed by atoms with E-state index in [9.17, 15) is 29.8 Å². The number of anilines is 1. The molecule has 12 heteroatoms. The van der Waals surface area contributed by atoms with Gasteiger partial charge in [-0.1, -0.05) is 0 Å². The number of rotatable bonds is 5. The van der Waals surface area contributed by atoms with Crippen molar-refractivity contribution in [1.82, 2.24) is 10.7 Å². The highest BCUT2D eigenvalue weighted by Gasteiger charge is 2.19. The minimum atomic E-state index is -0.992. The molecule has 0 aliphatic carbocycles. The van der Waals surface area contributed by atoms with Crippen LogP contribution in [0.5, 0.6) is 0 Å². The number of hydrazine groups is 1. The van der Waals surface area contributed by atoms with E-state index in [-0.39, 0.29) is 5.69 Å². The van der Waals surface area contributed by atoms with Crippen LogP contribution in [0.15, 0.2) is 18.2 Å². The van der Waals surface area contributed by atoms with E-state index in [2.05, 4.69) is 5.43 Å². The lowest BCUT2D eigenvalue weighted by atomic mass is 10.2. The number of hydrogen-bond donors (Lipinski definition) is 3. The van der Waals surface area contributed by atoms with Gasteiger partial charge in [-0.3, -0.25) is 41.2 Å². The summed E-state index contributed by atoms with van der Waals surface area (Å²) in [6.45, 7) is 0. The van der Waals surface area contributed by atoms with Crippen LogP contribution in [-0.2, 0) is 4.79 Å². The number of urea groups is 1. The van der Waals surface area contributed by atoms with Gasteiger partial charge >= 0.3 is 11.7 Å². The lowest BCUT2D eigenvalue weighted by molar-refractivity contribution is -0.393. The van der Waals surface area contributed by atoms with Gasteiger partial charge in [0.1, 0.15) is 11.6 Å². The SMILES string of the molecule is O=C(CCl)NC(=O)NNc1ccc([N+](=O)[O-])cc1[N+](=O)[O-]. The van der Waals surface area contributed by atoms with E-state index in [1.807, 2.05) is 10.7 Å². The number of alkyl halides is 1. The van der Waals surface area contributed by atoms with Crippen LogP contribution in [-0.4, -0.2) is 27.7 Å². The Morgan fingerprint density at radius 1 is 1.19 bits per heavy atom. The predicted molar refractivity (Wildman–Crippen MR) is 70.8 cm³/mol. The first kappa shape index (κ1) is 16.1. The minimum Gasteiger partial charge on any atom is -0.291 e. The third kappa shape index (κ3) is 4.58. The number of amides is 3. The molecule has 0 heterocycles. The van der Waals surface area contributed by atoms with Crippen LogP contribution in [0, 0.1) is 20.2 Å². The lowest BCUT2D eigenvalue weighted by Crippen LogP contribution is -2.42. The van der Waals surface area contributed by atoms with Crippen LogP contribution in [0.2, 0.25) is 0 Å². The molecule has 0 unspecified atom stereocenters. The molecule has 1 aromatic carbocycles. The quantitative estimate of drug-likeness (QED) is 0.413. The first-order valence-corrected chi connectivity index (χ1v) is 5.73. The number of carbonyl (C=O) groups is 2. The van der Waals surface area contributed by atoms with Crippen LogP contribution in [0.1, 0.15) is 0 Å². The van der Waals surface area contributed by atoms with E-state index in [1.54, 1.807) is 0 Å². The number of benzene rings is 1. The van der Waals surface area contributed by atoms with Crippen molar-refractivity contribution in [3.8, 4) is 0 Å². The molecular weight excluding hydrogens is 310 g/mol. The number of nitrogens with zero attached hydrogens (tertiary/aromatic N) is 2. The molecule has 0 spiro atoms. The normalized spacial score (nSPS) is 9.57. The van der Waals surface area contributed by atoms with E-state index < -0.39 is 39.0 Å². The van der Waals surface area contributed by atoms with Crippen molar-refractivity contribution >= 4 is 40.6 Å². The number of nitro groups is 2. The summed E-state index contributed by atoms with van der Waals surface area (Å²) in [5, 5.41) is 23.2. The highest BCUT2D eigenvalue weighted by atomic mass is 35.5. The fraction of sp³-hybridized carbons (Fsp3) is 0.111. The second-order valence-electron chi connectivity index (χ2n) is 3.48. The summed E-state index contributed by atoms with van der Waals surface area (Å²) < 4.78 is 0. The fourth-order valence-corrected chi connectivity index (χ4v) is 1.27. The van der Waals surface area contributed by atoms with Crippen molar-refractivity contribution in [2.75, 3.05) is 11.3 Å². The zero-order valence-electron chi connectivity index (χ0n) is 10.2. The van der Waals surface area contributed by atoms with E-state index in [4.69, 9.17) is 11.6 Å². The minimum absolute atomic E-state index is 0.195. The molecule has 0 radical (unpaired) electrons. The van der Waals surface area contributed by atoms with Gasteiger partial charge in [-0.2, -0.15) is 0 Å². The largest absolute Gasteiger partial charge is 0.340 e. The fourth-order valence-electron chi connectivity index (χ4n) is 1.21. The predicted octanol–water partition coefficient (Wildman–Crippen LogP) is 0.894. The monoisotopic (exact) mass is 317 g/mol. The lowest BCUT2D eigenvalue weighted by Gasteiger charge is -2.08. The van der Waals surface area contributed by atoms with E-state index >= 15 is 0 Å². The third-order valence-corrected chi connectivity index (χ3v) is 2.32. The van der Waals surface area contributed by atoms with Gasteiger partial charge in [-0.25, -0.2) is 4.79 Å². The number of nitro benzene ring substituents is 2. The molecule has 21 heavy (non-hydrogen) atoms. The standard InChI is InChI=1S/C9H8ClN5O6/c10-4-8(16)11-9(17)13-12-6-2-1-5(14(18)19)3-7(6)15(20)21/h1-3,12H,4H2,(H2,11,13,16,17). The third-order valence-electron chi connectivity index (χ3n) is 2.07. The molecule has 1 aromatic rings. The summed E-state index contributed by atoms with van der Waals surface area (Å²) >= 11 is 5.16. The van der Waals surface area contributed by atoms with Crippen molar-refractivity contribution in [3.05, 3.63) is 38.4 Å². The van der Waals surface area contributed by atoms with Crippen molar-refractivity contribution in [3.63, 3.8) is 0 Å². The Kier molecular flexibility index (Phi) is 5.37. The molecule has 0 aromatic heterocycles. The average Bonchev–Trinajstić information content (AvgIpc) is 2.44. The first-order chi connectivity index (χ1) is 9.85. The Labute approximate surface area is 121 Å². The molecule has 0 atom stereocenters. The highest BCUT2D eigenvalue weighted by Crippen LogP contribution is 2.28. The average molecular weight is 318 g/mol. The van der Waals surface area contributed by atoms with Crippen LogP contribution in [0.25, 0.3) is 0 Å². The Morgan fingerprint density at radius 2 is 1.86 bits per heavy atom. The van der Waals surface area contributed by atoms with Gasteiger partial charge in [-0.15, -0.1) is 11.6 Å². The first-order valence-electron chi connectivity index (χ1n) is 5.19. The van der Waals surface area contributed by atoms with Crippen molar-refractivity contribution in [2.45, 2.75) is 0 Å². The van der Waals surface area contributed by atoms with Crippen LogP contribution >= 0.6 is 11.6 Å². The Hall–Kier alpha value is -2.95. The molecule has 0 saturated carbocycles. The maximum atomic E-state index is 11.2. The van der Waals surface area contributed by atoms with Crippen molar-refractivity contribution < 1.29 is 19.4 Å². The summed E-state index contributed by atoms with van der Waals surface area (Å²) in [4.78, 5) is 41.7. The Morgan fingerprint density at radius 3 is 2.38 bits per heavy atom. The molecule has 3 N–H and O–H groups in total. The van der Waals surface area contributed by atoms with Gasteiger partial charge in [0.25, 0.3) is 5.69 Å². The number of non-ortho nitro benzene ring substituents is 1. The molecule has 0 aliphatic rings. The number of nitrogens with one attached hydrogen (secondary N) is 3. The summed E-state index contributed by atoms with van der Waals surface area (Å²) in [5.41, 5.74) is 2.83. The molecule has 0 saturated heterocycles. The molecule has 3 amide bonds. The molecule has 0 aliphatic heterocycles. The summed E-state index contributed by atoms with van der Waals surface area (Å²) in [6, 6.07) is 1.79. The second-order valence-corrected chi connectivity index (χ2v) is 3.74. The van der Waals surface area contributed by atoms with Gasteiger partial charge in [-0.05, 0) is 6.07 Å². The van der Waals surface area contributed by atoms with Crippen LogP contribution in [0.3, 0.4) is 0 Å². The van der Waals surface area contributed by atoms with Crippen molar-refractivity contribution in [2.24, 2.45) is 0 Å². The zero-order valence-corrected chi connectivity index (χ0v) is 10.9. The smallest absolute Gasteiger partial charge is 0.291 e.